The van der Waals surface area contributed by atoms with Gasteiger partial charge in [-0.15, -0.1) is 0 Å². The highest BCUT2D eigenvalue weighted by atomic mass is 16.6. The van der Waals surface area contributed by atoms with Crippen LogP contribution in [0.25, 0.3) is 0 Å². The maximum Gasteiger partial charge on any atom is 0.306 e. The zero-order valence-corrected chi connectivity index (χ0v) is 32.2. The van der Waals surface area contributed by atoms with Crippen LogP contribution in [0, 0.1) is 0 Å². The first kappa shape index (κ1) is 47.8. The second-order valence-electron chi connectivity index (χ2n) is 11.9. The molecular formula is C47H68O5. The number of carbonyl (C=O) groups excluding carboxylic acids is 2. The molecule has 286 valence electrons. The number of aliphatic hydroxyl groups excluding tert-OH is 1. The molecule has 0 aromatic rings. The molecule has 5 nitrogen and oxygen atoms in total. The zero-order chi connectivity index (χ0) is 37.8. The van der Waals surface area contributed by atoms with Gasteiger partial charge in [0.25, 0.3) is 0 Å². The highest BCUT2D eigenvalue weighted by Crippen LogP contribution is 2.04. The van der Waals surface area contributed by atoms with Crippen LogP contribution in [0.15, 0.2) is 146 Å². The summed E-state index contributed by atoms with van der Waals surface area (Å²) >= 11 is 0. The Morgan fingerprint density at radius 2 is 0.692 bits per heavy atom. The van der Waals surface area contributed by atoms with Gasteiger partial charge in [-0.1, -0.05) is 160 Å². The molecule has 1 N–H and O–H groups in total. The summed E-state index contributed by atoms with van der Waals surface area (Å²) in [6.07, 6.45) is 63.5. The van der Waals surface area contributed by atoms with Crippen LogP contribution in [0.2, 0.25) is 0 Å². The third-order valence-corrected chi connectivity index (χ3v) is 7.16. The SMILES string of the molecule is CC/C=C\C/C=C\C/C=C\C/C=C\C/C=C\C/C=C\CCC(=O)OC[C@H](CO)OC(=O)CC/C=C\C/C=C\C/C=C\C/C=C\C/C=C\C/C=C\CC. The van der Waals surface area contributed by atoms with Gasteiger partial charge < -0.3 is 14.6 Å². The Balaban J connectivity index is 3.88. The topological polar surface area (TPSA) is 72.8 Å². The van der Waals surface area contributed by atoms with Gasteiger partial charge in [-0.05, 0) is 89.9 Å². The van der Waals surface area contributed by atoms with Gasteiger partial charge in [-0.3, -0.25) is 9.59 Å². The third kappa shape index (κ3) is 38.6. The summed E-state index contributed by atoms with van der Waals surface area (Å²) in [6, 6.07) is 0. The molecule has 0 spiro atoms. The van der Waals surface area contributed by atoms with Gasteiger partial charge in [-0.25, -0.2) is 0 Å². The summed E-state index contributed by atoms with van der Waals surface area (Å²) in [6.45, 7) is 3.74. The van der Waals surface area contributed by atoms with Gasteiger partial charge in [0.15, 0.2) is 6.10 Å². The smallest absolute Gasteiger partial charge is 0.306 e. The molecule has 0 bridgehead atoms. The maximum absolute atomic E-state index is 12.1. The Morgan fingerprint density at radius 1 is 0.423 bits per heavy atom. The van der Waals surface area contributed by atoms with Crippen LogP contribution in [-0.2, 0) is 19.1 Å². The quantitative estimate of drug-likeness (QED) is 0.0555. The lowest BCUT2D eigenvalue weighted by molar-refractivity contribution is -0.161. The lowest BCUT2D eigenvalue weighted by Crippen LogP contribution is -2.28. The second-order valence-corrected chi connectivity index (χ2v) is 11.9. The van der Waals surface area contributed by atoms with Crippen molar-refractivity contribution in [1.29, 1.82) is 0 Å². The molecular weight excluding hydrogens is 645 g/mol. The first-order valence-electron chi connectivity index (χ1n) is 19.4. The second kappa shape index (κ2) is 41.2. The normalized spacial score (nSPS) is 13.8. The van der Waals surface area contributed by atoms with E-state index in [1.54, 1.807) is 0 Å². The molecule has 0 saturated heterocycles. The molecule has 0 aliphatic rings. The van der Waals surface area contributed by atoms with E-state index in [4.69, 9.17) is 9.47 Å². The van der Waals surface area contributed by atoms with Crippen molar-refractivity contribution >= 4 is 11.9 Å². The summed E-state index contributed by atoms with van der Waals surface area (Å²) in [7, 11) is 0. The number of aliphatic hydroxyl groups is 1. The fraction of sp³-hybridized carbons (Fsp3) is 0.447. The molecule has 0 fully saturated rings. The van der Waals surface area contributed by atoms with Crippen molar-refractivity contribution in [3.05, 3.63) is 146 Å². The summed E-state index contributed by atoms with van der Waals surface area (Å²) in [5, 5.41) is 9.54. The van der Waals surface area contributed by atoms with Gasteiger partial charge in [-0.2, -0.15) is 0 Å². The maximum atomic E-state index is 12.1. The number of allylic oxidation sites excluding steroid dienone is 24. The summed E-state index contributed by atoms with van der Waals surface area (Å²) in [5.41, 5.74) is 0. The molecule has 0 amide bonds. The van der Waals surface area contributed by atoms with Crippen LogP contribution in [-0.4, -0.2) is 36.4 Å². The lowest BCUT2D eigenvalue weighted by atomic mass is 10.2. The molecule has 0 aliphatic heterocycles. The first-order chi connectivity index (χ1) is 25.6. The molecule has 5 heteroatoms. The summed E-state index contributed by atoms with van der Waals surface area (Å²) in [4.78, 5) is 24.2. The predicted molar refractivity (Wildman–Crippen MR) is 223 cm³/mol. The van der Waals surface area contributed by atoms with E-state index in [0.717, 1.165) is 77.0 Å². The van der Waals surface area contributed by atoms with E-state index >= 15 is 0 Å². The van der Waals surface area contributed by atoms with Crippen molar-refractivity contribution < 1.29 is 24.2 Å². The van der Waals surface area contributed by atoms with Crippen LogP contribution in [0.4, 0.5) is 0 Å². The number of hydrogen-bond donors (Lipinski definition) is 1. The van der Waals surface area contributed by atoms with E-state index < -0.39 is 18.7 Å². The van der Waals surface area contributed by atoms with Gasteiger partial charge >= 0.3 is 11.9 Å². The first-order valence-corrected chi connectivity index (χ1v) is 19.4. The Bertz CT molecular complexity index is 1220. The highest BCUT2D eigenvalue weighted by Gasteiger charge is 2.15. The van der Waals surface area contributed by atoms with Crippen LogP contribution in [0.3, 0.4) is 0 Å². The van der Waals surface area contributed by atoms with Crippen LogP contribution < -0.4 is 0 Å². The van der Waals surface area contributed by atoms with E-state index in [9.17, 15) is 14.7 Å². The number of ether oxygens (including phenoxy) is 2. The third-order valence-electron chi connectivity index (χ3n) is 7.16. The minimum absolute atomic E-state index is 0.148. The average molecular weight is 713 g/mol. The molecule has 52 heavy (non-hydrogen) atoms. The van der Waals surface area contributed by atoms with Crippen molar-refractivity contribution in [3.8, 4) is 0 Å². The molecule has 0 aromatic heterocycles. The summed E-state index contributed by atoms with van der Waals surface area (Å²) < 4.78 is 10.5. The van der Waals surface area contributed by atoms with Crippen molar-refractivity contribution in [2.45, 2.75) is 123 Å². The van der Waals surface area contributed by atoms with Crippen LogP contribution in [0.1, 0.15) is 117 Å². The van der Waals surface area contributed by atoms with Crippen LogP contribution >= 0.6 is 0 Å². The number of carbonyl (C=O) groups is 2. The van der Waals surface area contributed by atoms with Crippen LogP contribution in [0.5, 0.6) is 0 Å². The highest BCUT2D eigenvalue weighted by molar-refractivity contribution is 5.70. The van der Waals surface area contributed by atoms with E-state index in [1.807, 2.05) is 24.3 Å². The molecule has 0 radical (unpaired) electrons. The number of esters is 2. The minimum Gasteiger partial charge on any atom is -0.462 e. The molecule has 0 rings (SSSR count). The molecule has 1 atom stereocenters. The zero-order valence-electron chi connectivity index (χ0n) is 32.2. The lowest BCUT2D eigenvalue weighted by Gasteiger charge is -2.15. The average Bonchev–Trinajstić information content (AvgIpc) is 3.15. The fourth-order valence-electron chi connectivity index (χ4n) is 4.31. The van der Waals surface area contributed by atoms with Gasteiger partial charge in [0.05, 0.1) is 6.61 Å². The molecule has 0 aliphatic carbocycles. The van der Waals surface area contributed by atoms with Gasteiger partial charge in [0.2, 0.25) is 0 Å². The largest absolute Gasteiger partial charge is 0.462 e. The van der Waals surface area contributed by atoms with E-state index in [0.29, 0.717) is 12.8 Å². The predicted octanol–water partition coefficient (Wildman–Crippen LogP) is 12.4. The molecule has 0 unspecified atom stereocenters. The van der Waals surface area contributed by atoms with Crippen molar-refractivity contribution in [1.82, 2.24) is 0 Å². The van der Waals surface area contributed by atoms with Crippen molar-refractivity contribution in [3.63, 3.8) is 0 Å². The van der Waals surface area contributed by atoms with E-state index in [-0.39, 0.29) is 25.4 Å². The molecule has 0 saturated carbocycles. The number of hydrogen-bond acceptors (Lipinski definition) is 5. The monoisotopic (exact) mass is 713 g/mol. The van der Waals surface area contributed by atoms with E-state index in [2.05, 4.69) is 135 Å². The summed E-state index contributed by atoms with van der Waals surface area (Å²) in [5.74, 6) is -0.806. The Hall–Kier alpha value is -4.22. The Morgan fingerprint density at radius 3 is 0.981 bits per heavy atom. The van der Waals surface area contributed by atoms with Crippen molar-refractivity contribution in [2.24, 2.45) is 0 Å². The standard InChI is InChI=1S/C47H68O5/c1-3-5-7-9-11-13-15-17-19-21-23-25-27-29-31-33-35-37-39-41-46(49)51-44-45(43-48)52-47(50)42-40-38-36-34-32-30-28-26-24-22-20-18-16-14-12-10-8-6-4-2/h5-8,11-14,17-20,23-26,29-32,35-38,45,48H,3-4,9-10,15-16,21-22,27-28,33-34,39-44H2,1-2H3/b7-5-,8-6-,13-11-,14-12-,19-17-,20-18-,25-23-,26-24-,31-29-,32-30-,37-35-,38-36-/t45-/m0/s1. The van der Waals surface area contributed by atoms with Gasteiger partial charge in [0.1, 0.15) is 6.61 Å². The van der Waals surface area contributed by atoms with Gasteiger partial charge in [0, 0.05) is 12.8 Å². The Kier molecular flexibility index (Phi) is 37.9. The molecule has 0 heterocycles. The van der Waals surface area contributed by atoms with Crippen molar-refractivity contribution in [2.75, 3.05) is 13.2 Å². The molecule has 0 aromatic carbocycles. The van der Waals surface area contributed by atoms with E-state index in [1.165, 1.54) is 0 Å². The number of rotatable bonds is 32. The fourth-order valence-corrected chi connectivity index (χ4v) is 4.31. The Labute approximate surface area is 317 Å². The minimum atomic E-state index is -0.854.